The topological polar surface area (TPSA) is 45.6 Å². The van der Waals surface area contributed by atoms with E-state index in [1.165, 1.54) is 11.1 Å². The first-order valence-corrected chi connectivity index (χ1v) is 13.7. The van der Waals surface area contributed by atoms with Gasteiger partial charge in [0.1, 0.15) is 0 Å². The molecular weight excluding hydrogens is 480 g/mol. The molecule has 1 saturated heterocycles. The van der Waals surface area contributed by atoms with Crippen molar-refractivity contribution in [1.29, 1.82) is 0 Å². The van der Waals surface area contributed by atoms with Crippen LogP contribution in [-0.4, -0.2) is 40.8 Å². The maximum atomic E-state index is 12.3. The number of aliphatic hydroxyl groups is 1. The Morgan fingerprint density at radius 3 is 2.10 bits per heavy atom. The van der Waals surface area contributed by atoms with E-state index in [0.29, 0.717) is 18.7 Å². The first-order valence-electron chi connectivity index (χ1n) is 13.7. The molecule has 1 atom stereocenters. The Hall–Kier alpha value is -3.99. The highest BCUT2D eigenvalue weighted by molar-refractivity contribution is 5.86. The zero-order valence-corrected chi connectivity index (χ0v) is 22.3. The fraction of sp³-hybridized carbons (Fsp3) is 0.229. The summed E-state index contributed by atoms with van der Waals surface area (Å²) in [6, 6.07) is 39.8. The highest BCUT2D eigenvalue weighted by Gasteiger charge is 2.43. The van der Waals surface area contributed by atoms with Gasteiger partial charge in [0.15, 0.2) is 0 Å². The van der Waals surface area contributed by atoms with Crippen molar-refractivity contribution in [3.05, 3.63) is 132 Å². The molecule has 0 aliphatic carbocycles. The molecule has 4 heteroatoms. The van der Waals surface area contributed by atoms with Crippen molar-refractivity contribution in [1.82, 2.24) is 9.88 Å². The van der Waals surface area contributed by atoms with Crippen LogP contribution in [0, 0.1) is 0 Å². The van der Waals surface area contributed by atoms with Crippen LogP contribution in [-0.2, 0) is 6.54 Å². The van der Waals surface area contributed by atoms with Gasteiger partial charge < -0.3 is 9.84 Å². The Morgan fingerprint density at radius 2 is 1.44 bits per heavy atom. The lowest BCUT2D eigenvalue weighted by atomic mass is 9.72. The first-order chi connectivity index (χ1) is 19.1. The van der Waals surface area contributed by atoms with Gasteiger partial charge in [-0.2, -0.15) is 0 Å². The molecule has 1 aromatic heterocycles. The molecule has 0 spiro atoms. The molecular formula is C35H34N2O2. The number of fused-ring (bicyclic) bond motifs is 1. The second-order valence-corrected chi connectivity index (χ2v) is 10.6. The largest absolute Gasteiger partial charge is 0.481 e. The van der Waals surface area contributed by atoms with Crippen molar-refractivity contribution in [2.24, 2.45) is 0 Å². The number of pyridine rings is 1. The van der Waals surface area contributed by atoms with Gasteiger partial charge in [0.2, 0.25) is 5.88 Å². The van der Waals surface area contributed by atoms with Crippen LogP contribution in [0.4, 0.5) is 0 Å². The Kier molecular flexibility index (Phi) is 7.14. The molecule has 0 saturated carbocycles. The Labute approximate surface area is 230 Å². The standard InChI is InChI=1S/C35H34N2O2/c1-39-34-31(24-30-23-29(17-18-32(30)36-34)27-13-7-3-8-14-27)33(28-15-9-4-10-16-28)35(38)19-21-37(22-20-35)25-26-11-5-2-6-12-26/h2-18,23-24,33,38H,19-22,25H2,1H3. The van der Waals surface area contributed by atoms with E-state index in [1.807, 2.05) is 24.3 Å². The monoisotopic (exact) mass is 514 g/mol. The lowest BCUT2D eigenvalue weighted by molar-refractivity contribution is -0.0360. The zero-order valence-electron chi connectivity index (χ0n) is 22.3. The van der Waals surface area contributed by atoms with Gasteiger partial charge in [-0.25, -0.2) is 4.98 Å². The van der Waals surface area contributed by atoms with Crippen LogP contribution in [0.2, 0.25) is 0 Å². The molecule has 0 amide bonds. The summed E-state index contributed by atoms with van der Waals surface area (Å²) in [5.41, 5.74) is 5.58. The molecule has 4 aromatic carbocycles. The molecule has 6 rings (SSSR count). The number of aromatic nitrogens is 1. The maximum absolute atomic E-state index is 12.3. The third-order valence-corrected chi connectivity index (χ3v) is 8.06. The number of rotatable bonds is 7. The molecule has 0 radical (unpaired) electrons. The second-order valence-electron chi connectivity index (χ2n) is 10.6. The van der Waals surface area contributed by atoms with Gasteiger partial charge >= 0.3 is 0 Å². The maximum Gasteiger partial charge on any atom is 0.217 e. The van der Waals surface area contributed by atoms with E-state index in [9.17, 15) is 5.11 Å². The van der Waals surface area contributed by atoms with Crippen LogP contribution in [0.15, 0.2) is 115 Å². The Balaban J connectivity index is 1.39. The third kappa shape index (κ3) is 5.31. The zero-order chi connectivity index (χ0) is 26.7. The van der Waals surface area contributed by atoms with E-state index in [0.717, 1.165) is 47.2 Å². The molecule has 4 nitrogen and oxygen atoms in total. The van der Waals surface area contributed by atoms with E-state index in [2.05, 4.69) is 95.9 Å². The predicted molar refractivity (Wildman–Crippen MR) is 158 cm³/mol. The van der Waals surface area contributed by atoms with Crippen LogP contribution in [0.3, 0.4) is 0 Å². The highest BCUT2D eigenvalue weighted by Crippen LogP contribution is 2.45. The summed E-state index contributed by atoms with van der Waals surface area (Å²) in [5.74, 6) is 0.314. The minimum atomic E-state index is -0.922. The van der Waals surface area contributed by atoms with E-state index in [-0.39, 0.29) is 5.92 Å². The van der Waals surface area contributed by atoms with Crippen LogP contribution in [0.5, 0.6) is 5.88 Å². The normalized spacial score (nSPS) is 16.2. The average Bonchev–Trinajstić information content (AvgIpc) is 2.99. The molecule has 39 heavy (non-hydrogen) atoms. The summed E-state index contributed by atoms with van der Waals surface area (Å²) in [6.45, 7) is 2.56. The predicted octanol–water partition coefficient (Wildman–Crippen LogP) is 7.07. The van der Waals surface area contributed by atoms with Gasteiger partial charge in [-0.05, 0) is 53.3 Å². The summed E-state index contributed by atoms with van der Waals surface area (Å²) in [5, 5.41) is 13.4. The van der Waals surface area contributed by atoms with Crippen LogP contribution in [0.1, 0.15) is 35.4 Å². The Morgan fingerprint density at radius 1 is 0.795 bits per heavy atom. The quantitative estimate of drug-likeness (QED) is 0.252. The number of ether oxygens (including phenoxy) is 1. The summed E-state index contributed by atoms with van der Waals surface area (Å²) < 4.78 is 5.87. The van der Waals surface area contributed by atoms with Gasteiger partial charge in [0, 0.05) is 36.5 Å². The number of benzene rings is 4. The summed E-state index contributed by atoms with van der Waals surface area (Å²) >= 11 is 0. The fourth-order valence-corrected chi connectivity index (χ4v) is 6.01. The van der Waals surface area contributed by atoms with Gasteiger partial charge in [-0.1, -0.05) is 97.1 Å². The van der Waals surface area contributed by atoms with E-state index in [1.54, 1.807) is 7.11 Å². The number of methoxy groups -OCH3 is 1. The summed E-state index contributed by atoms with van der Waals surface area (Å²) in [4.78, 5) is 7.37. The second kappa shape index (κ2) is 11.0. The Bertz CT molecular complexity index is 1530. The van der Waals surface area contributed by atoms with Crippen molar-refractivity contribution in [2.45, 2.75) is 30.9 Å². The molecule has 5 aromatic rings. The van der Waals surface area contributed by atoms with Gasteiger partial charge in [0.25, 0.3) is 0 Å². The lowest BCUT2D eigenvalue weighted by Gasteiger charge is -2.43. The van der Waals surface area contributed by atoms with Crippen molar-refractivity contribution in [2.75, 3.05) is 20.2 Å². The van der Waals surface area contributed by atoms with E-state index in [4.69, 9.17) is 9.72 Å². The van der Waals surface area contributed by atoms with Crippen LogP contribution in [0.25, 0.3) is 22.0 Å². The minimum Gasteiger partial charge on any atom is -0.481 e. The van der Waals surface area contributed by atoms with Crippen molar-refractivity contribution < 1.29 is 9.84 Å². The summed E-state index contributed by atoms with van der Waals surface area (Å²) in [7, 11) is 1.67. The molecule has 1 N–H and O–H groups in total. The molecule has 0 bridgehead atoms. The molecule has 196 valence electrons. The number of piperidine rings is 1. The number of likely N-dealkylation sites (tertiary alicyclic amines) is 1. The van der Waals surface area contributed by atoms with Gasteiger partial charge in [0.05, 0.1) is 18.2 Å². The van der Waals surface area contributed by atoms with Gasteiger partial charge in [-0.15, -0.1) is 0 Å². The van der Waals surface area contributed by atoms with Crippen molar-refractivity contribution in [3.63, 3.8) is 0 Å². The summed E-state index contributed by atoms with van der Waals surface area (Å²) in [6.07, 6.45) is 1.34. The SMILES string of the molecule is COc1nc2ccc(-c3ccccc3)cc2cc1C(c1ccccc1)C1(O)CCN(Cc2ccccc2)CC1. The van der Waals surface area contributed by atoms with E-state index >= 15 is 0 Å². The van der Waals surface area contributed by atoms with Crippen molar-refractivity contribution in [3.8, 4) is 17.0 Å². The molecule has 1 aliphatic rings. The third-order valence-electron chi connectivity index (χ3n) is 8.06. The fourth-order valence-electron chi connectivity index (χ4n) is 6.01. The molecule has 1 unspecified atom stereocenters. The lowest BCUT2D eigenvalue weighted by Crippen LogP contribution is -2.48. The van der Waals surface area contributed by atoms with Crippen LogP contribution >= 0.6 is 0 Å². The number of hydrogen-bond acceptors (Lipinski definition) is 4. The van der Waals surface area contributed by atoms with Crippen LogP contribution < -0.4 is 4.74 Å². The van der Waals surface area contributed by atoms with E-state index < -0.39 is 5.60 Å². The highest BCUT2D eigenvalue weighted by atomic mass is 16.5. The first kappa shape index (κ1) is 25.3. The average molecular weight is 515 g/mol. The minimum absolute atomic E-state index is 0.259. The van der Waals surface area contributed by atoms with Gasteiger partial charge in [-0.3, -0.25) is 4.90 Å². The number of hydrogen-bond donors (Lipinski definition) is 1. The smallest absolute Gasteiger partial charge is 0.217 e. The molecule has 1 fully saturated rings. The number of nitrogens with zero attached hydrogens (tertiary/aromatic N) is 2. The molecule has 1 aliphatic heterocycles. The molecule has 2 heterocycles. The van der Waals surface area contributed by atoms with Crippen molar-refractivity contribution >= 4 is 10.9 Å².